The monoisotopic (exact) mass is 437 g/mol. The first-order valence-electron chi connectivity index (χ1n) is 8.45. The molecule has 1 heterocycles. The highest BCUT2D eigenvalue weighted by molar-refractivity contribution is 7.88. The average Bonchev–Trinajstić information content (AvgIpc) is 2.71. The third-order valence-corrected chi connectivity index (χ3v) is 5.58. The molecule has 2 aromatic carbocycles. The fourth-order valence-corrected chi connectivity index (χ4v) is 3.59. The van der Waals surface area contributed by atoms with Gasteiger partial charge in [0.1, 0.15) is 17.3 Å². The predicted molar refractivity (Wildman–Crippen MR) is 106 cm³/mol. The molecule has 0 atom stereocenters. The molecule has 0 radical (unpaired) electrons. The lowest BCUT2D eigenvalue weighted by Gasteiger charge is -2.24. The summed E-state index contributed by atoms with van der Waals surface area (Å²) in [5.74, 6) is -1.98. The van der Waals surface area contributed by atoms with E-state index in [2.05, 4.69) is 9.71 Å². The van der Waals surface area contributed by atoms with Crippen molar-refractivity contribution >= 4 is 27.5 Å². The zero-order chi connectivity index (χ0) is 22.1. The Morgan fingerprint density at radius 3 is 2.40 bits per heavy atom. The molecule has 0 bridgehead atoms. The van der Waals surface area contributed by atoms with Gasteiger partial charge in [-0.3, -0.25) is 4.79 Å². The Labute approximate surface area is 171 Å². The van der Waals surface area contributed by atoms with Gasteiger partial charge in [0.15, 0.2) is 11.5 Å². The third kappa shape index (κ3) is 4.10. The standard InChI is InChI=1S/C19H17F2N3O5S/c1-24-16(19(25)22-14-6-5-12(20)9-13(14)21)10-15(23-30(24,26)27)11-4-7-17(28-2)18(8-11)29-3/h4-10H,1-3H3,(H,22,25). The van der Waals surface area contributed by atoms with Crippen molar-refractivity contribution < 1.29 is 31.5 Å². The largest absolute Gasteiger partial charge is 0.493 e. The fraction of sp³-hybridized carbons (Fsp3) is 0.158. The van der Waals surface area contributed by atoms with Gasteiger partial charge in [-0.1, -0.05) is 0 Å². The summed E-state index contributed by atoms with van der Waals surface area (Å²) in [7, 11) is -0.228. The van der Waals surface area contributed by atoms with Crippen LogP contribution in [0.1, 0.15) is 5.56 Å². The highest BCUT2D eigenvalue weighted by Gasteiger charge is 2.30. The molecule has 0 aromatic heterocycles. The molecule has 1 amide bonds. The molecule has 0 saturated carbocycles. The lowest BCUT2D eigenvalue weighted by atomic mass is 10.1. The van der Waals surface area contributed by atoms with Crippen LogP contribution in [0.4, 0.5) is 14.5 Å². The van der Waals surface area contributed by atoms with Gasteiger partial charge >= 0.3 is 10.2 Å². The topological polar surface area (TPSA) is 97.3 Å². The average molecular weight is 437 g/mol. The SMILES string of the molecule is COc1ccc(C2=NS(=O)(=O)N(C)C(C(=O)Nc3ccc(F)cc3F)=C2)cc1OC. The fourth-order valence-electron chi connectivity index (χ4n) is 2.67. The van der Waals surface area contributed by atoms with Crippen molar-refractivity contribution in [2.24, 2.45) is 4.40 Å². The highest BCUT2D eigenvalue weighted by atomic mass is 32.2. The van der Waals surface area contributed by atoms with Crippen molar-refractivity contribution in [2.75, 3.05) is 26.6 Å². The number of allylic oxidation sites excluding steroid dienone is 1. The zero-order valence-electron chi connectivity index (χ0n) is 16.1. The minimum absolute atomic E-state index is 0.0289. The Morgan fingerprint density at radius 1 is 1.07 bits per heavy atom. The Hall–Kier alpha value is -3.47. The second-order valence-corrected chi connectivity index (χ2v) is 7.73. The summed E-state index contributed by atoms with van der Waals surface area (Å²) in [6, 6.07) is 7.20. The predicted octanol–water partition coefficient (Wildman–Crippen LogP) is 2.48. The molecule has 1 aliphatic heterocycles. The van der Waals surface area contributed by atoms with E-state index in [9.17, 15) is 22.0 Å². The number of likely N-dealkylation sites (N-methyl/N-ethyl adjacent to an activating group) is 1. The van der Waals surface area contributed by atoms with Crippen LogP contribution in [0.3, 0.4) is 0 Å². The minimum Gasteiger partial charge on any atom is -0.493 e. The summed E-state index contributed by atoms with van der Waals surface area (Å²) in [6.07, 6.45) is 1.24. The van der Waals surface area contributed by atoms with Gasteiger partial charge in [0.2, 0.25) is 0 Å². The van der Waals surface area contributed by atoms with Gasteiger partial charge in [0, 0.05) is 18.7 Å². The summed E-state index contributed by atoms with van der Waals surface area (Å²) < 4.78 is 66.6. The van der Waals surface area contributed by atoms with Crippen LogP contribution in [0.5, 0.6) is 11.5 Å². The number of carbonyl (C=O) groups excluding carboxylic acids is 1. The number of hydrogen-bond donors (Lipinski definition) is 1. The third-order valence-electron chi connectivity index (χ3n) is 4.26. The van der Waals surface area contributed by atoms with Crippen molar-refractivity contribution in [3.63, 3.8) is 0 Å². The molecule has 11 heteroatoms. The second-order valence-electron chi connectivity index (χ2n) is 6.10. The van der Waals surface area contributed by atoms with E-state index in [1.807, 2.05) is 0 Å². The van der Waals surface area contributed by atoms with Crippen molar-refractivity contribution in [3.8, 4) is 11.5 Å². The lowest BCUT2D eigenvalue weighted by Crippen LogP contribution is -2.35. The van der Waals surface area contributed by atoms with Gasteiger partial charge in [0.25, 0.3) is 5.91 Å². The molecule has 1 aliphatic rings. The molecule has 30 heavy (non-hydrogen) atoms. The van der Waals surface area contributed by atoms with Crippen molar-refractivity contribution in [3.05, 3.63) is 65.4 Å². The first-order valence-corrected chi connectivity index (χ1v) is 9.85. The Kier molecular flexibility index (Phi) is 5.74. The molecule has 2 aromatic rings. The Bertz CT molecular complexity index is 1180. The second kappa shape index (κ2) is 8.11. The Morgan fingerprint density at radius 2 is 1.77 bits per heavy atom. The maximum atomic E-state index is 13.9. The molecule has 0 aliphatic carbocycles. The van der Waals surface area contributed by atoms with E-state index in [1.165, 1.54) is 26.4 Å². The smallest absolute Gasteiger partial charge is 0.345 e. The molecule has 8 nitrogen and oxygen atoms in total. The number of anilines is 1. The molecule has 3 rings (SSSR count). The molecule has 1 N–H and O–H groups in total. The number of halogens is 2. The number of amides is 1. The van der Waals surface area contributed by atoms with Crippen molar-refractivity contribution in [2.45, 2.75) is 0 Å². The van der Waals surface area contributed by atoms with Crippen LogP contribution in [0.25, 0.3) is 0 Å². The molecule has 0 saturated heterocycles. The van der Waals surface area contributed by atoms with Gasteiger partial charge in [-0.25, -0.2) is 13.1 Å². The number of methoxy groups -OCH3 is 2. The number of nitrogens with zero attached hydrogens (tertiary/aromatic N) is 2. The zero-order valence-corrected chi connectivity index (χ0v) is 17.0. The quantitative estimate of drug-likeness (QED) is 0.775. The van der Waals surface area contributed by atoms with E-state index in [4.69, 9.17) is 9.47 Å². The van der Waals surface area contributed by atoms with Gasteiger partial charge in [0.05, 0.1) is 25.6 Å². The van der Waals surface area contributed by atoms with Gasteiger partial charge in [-0.15, -0.1) is 4.40 Å². The number of ether oxygens (including phenoxy) is 2. The summed E-state index contributed by atoms with van der Waals surface area (Å²) in [5, 5.41) is 2.23. The van der Waals surface area contributed by atoms with E-state index in [0.29, 0.717) is 27.4 Å². The van der Waals surface area contributed by atoms with Gasteiger partial charge < -0.3 is 14.8 Å². The van der Waals surface area contributed by atoms with Crippen LogP contribution < -0.4 is 14.8 Å². The van der Waals surface area contributed by atoms with Gasteiger partial charge in [-0.05, 0) is 36.4 Å². The molecule has 0 fully saturated rings. The lowest BCUT2D eigenvalue weighted by molar-refractivity contribution is -0.113. The number of nitrogens with one attached hydrogen (secondary N) is 1. The number of rotatable bonds is 5. The maximum absolute atomic E-state index is 13.9. The van der Waals surface area contributed by atoms with Crippen LogP contribution >= 0.6 is 0 Å². The van der Waals surface area contributed by atoms with E-state index in [1.54, 1.807) is 12.1 Å². The molecular formula is C19H17F2N3O5S. The van der Waals surface area contributed by atoms with Crippen LogP contribution in [-0.4, -0.2) is 45.6 Å². The van der Waals surface area contributed by atoms with Gasteiger partial charge in [-0.2, -0.15) is 8.42 Å². The number of carbonyl (C=O) groups is 1. The molecule has 0 unspecified atom stereocenters. The first-order chi connectivity index (χ1) is 14.2. The van der Waals surface area contributed by atoms with E-state index in [-0.39, 0.29) is 17.1 Å². The van der Waals surface area contributed by atoms with Crippen LogP contribution in [0.15, 0.2) is 52.6 Å². The molecule has 0 spiro atoms. The van der Waals surface area contributed by atoms with Crippen LogP contribution in [0, 0.1) is 11.6 Å². The summed E-state index contributed by atoms with van der Waals surface area (Å²) in [4.78, 5) is 12.7. The van der Waals surface area contributed by atoms with Crippen molar-refractivity contribution in [1.29, 1.82) is 0 Å². The summed E-state index contributed by atoms with van der Waals surface area (Å²) in [5.41, 5.74) is -0.289. The van der Waals surface area contributed by atoms with Crippen LogP contribution in [-0.2, 0) is 15.0 Å². The van der Waals surface area contributed by atoms with Crippen molar-refractivity contribution in [1.82, 2.24) is 4.31 Å². The van der Waals surface area contributed by atoms with E-state index >= 15 is 0 Å². The summed E-state index contributed by atoms with van der Waals surface area (Å²) in [6.45, 7) is 0. The van der Waals surface area contributed by atoms with E-state index < -0.39 is 27.8 Å². The Balaban J connectivity index is 2.01. The highest BCUT2D eigenvalue weighted by Crippen LogP contribution is 2.29. The minimum atomic E-state index is -4.23. The molecule has 158 valence electrons. The number of hydrogen-bond acceptors (Lipinski definition) is 5. The molecular weight excluding hydrogens is 420 g/mol. The normalized spacial score (nSPS) is 15.2. The first kappa shape index (κ1) is 21.2. The maximum Gasteiger partial charge on any atom is 0.345 e. The number of benzene rings is 2. The summed E-state index contributed by atoms with van der Waals surface area (Å²) >= 11 is 0. The van der Waals surface area contributed by atoms with Crippen LogP contribution in [0.2, 0.25) is 0 Å². The van der Waals surface area contributed by atoms with E-state index in [0.717, 1.165) is 19.2 Å².